The number of carbonyl (C=O) groups is 2. The Hall–Kier alpha value is -2.88. The number of hydrogen-bond donors (Lipinski definition) is 0. The van der Waals surface area contributed by atoms with Crippen LogP contribution in [0.5, 0.6) is 0 Å². The fourth-order valence-corrected chi connectivity index (χ4v) is 2.91. The molecule has 2 unspecified atom stereocenters. The highest BCUT2D eigenvalue weighted by Gasteiger charge is 2.44. The molecule has 1 saturated heterocycles. The first-order valence-electron chi connectivity index (χ1n) is 7.96. The van der Waals surface area contributed by atoms with Gasteiger partial charge in [0, 0.05) is 5.56 Å². The van der Waals surface area contributed by atoms with Gasteiger partial charge in [-0.3, -0.25) is 4.79 Å². The molecule has 1 fully saturated rings. The first-order valence-corrected chi connectivity index (χ1v) is 7.96. The molecule has 2 aromatic carbocycles. The summed E-state index contributed by atoms with van der Waals surface area (Å²) in [5.74, 6) is -0.325. The molecule has 0 saturated carbocycles. The quantitative estimate of drug-likeness (QED) is 0.804. The van der Waals surface area contributed by atoms with Crippen LogP contribution in [0.2, 0.25) is 0 Å². The van der Waals surface area contributed by atoms with Crippen LogP contribution in [0.15, 0.2) is 72.8 Å². The Labute approximate surface area is 141 Å². The van der Waals surface area contributed by atoms with E-state index in [1.807, 2.05) is 55.5 Å². The van der Waals surface area contributed by atoms with Crippen molar-refractivity contribution in [2.75, 3.05) is 0 Å². The minimum Gasteiger partial charge on any atom is -0.439 e. The molecule has 0 radical (unpaired) electrons. The summed E-state index contributed by atoms with van der Waals surface area (Å²) in [6, 6.07) is 18.3. The van der Waals surface area contributed by atoms with Gasteiger partial charge in [0.05, 0.1) is 6.04 Å². The number of imide groups is 1. The molecule has 1 heterocycles. The second-order valence-electron chi connectivity index (χ2n) is 5.67. The highest BCUT2D eigenvalue weighted by molar-refractivity contribution is 6.04. The van der Waals surface area contributed by atoms with Crippen molar-refractivity contribution in [3.8, 4) is 0 Å². The van der Waals surface area contributed by atoms with Crippen molar-refractivity contribution in [1.29, 1.82) is 0 Å². The lowest BCUT2D eigenvalue weighted by atomic mass is 9.99. The molecule has 4 heteroatoms. The molecule has 0 aromatic heterocycles. The van der Waals surface area contributed by atoms with Crippen molar-refractivity contribution in [2.45, 2.75) is 25.5 Å². The first-order chi connectivity index (χ1) is 11.7. The average Bonchev–Trinajstić information content (AvgIpc) is 2.91. The van der Waals surface area contributed by atoms with Gasteiger partial charge in [0.15, 0.2) is 0 Å². The third kappa shape index (κ3) is 3.23. The third-order valence-corrected chi connectivity index (χ3v) is 4.05. The van der Waals surface area contributed by atoms with Crippen LogP contribution >= 0.6 is 0 Å². The minimum absolute atomic E-state index is 0.325. The predicted octanol–water partition coefficient (Wildman–Crippen LogP) is 3.84. The summed E-state index contributed by atoms with van der Waals surface area (Å²) in [5.41, 5.74) is 1.54. The lowest BCUT2D eigenvalue weighted by Crippen LogP contribution is -2.42. The predicted molar refractivity (Wildman–Crippen MR) is 91.6 cm³/mol. The van der Waals surface area contributed by atoms with Crippen molar-refractivity contribution in [2.24, 2.45) is 0 Å². The highest BCUT2D eigenvalue weighted by Crippen LogP contribution is 2.26. The van der Waals surface area contributed by atoms with E-state index < -0.39 is 12.2 Å². The van der Waals surface area contributed by atoms with Crippen LogP contribution in [0.4, 0.5) is 4.79 Å². The number of nitrogens with zero attached hydrogens (tertiary/aromatic N) is 1. The van der Waals surface area contributed by atoms with Gasteiger partial charge in [-0.1, -0.05) is 54.6 Å². The number of ether oxygens (including phenoxy) is 1. The number of benzene rings is 2. The number of allylic oxidation sites excluding steroid dienone is 1. The standard InChI is InChI=1S/C20H19NO3/c1-2-9-18-17(14-15-10-5-3-6-11-15)21(20(23)24-18)19(22)16-12-7-4-8-13-16/h2-13,17-18H,14H2,1H3. The van der Waals surface area contributed by atoms with Gasteiger partial charge in [0.2, 0.25) is 0 Å². The normalized spacial score (nSPS) is 20.4. The van der Waals surface area contributed by atoms with E-state index >= 15 is 0 Å². The van der Waals surface area contributed by atoms with Gasteiger partial charge in [0.1, 0.15) is 6.10 Å². The SMILES string of the molecule is CC=CC1OC(=O)N(C(=O)c2ccccc2)C1Cc1ccccc1. The van der Waals surface area contributed by atoms with Crippen LogP contribution in [0.1, 0.15) is 22.8 Å². The van der Waals surface area contributed by atoms with Crippen molar-refractivity contribution in [3.63, 3.8) is 0 Å². The molecule has 1 aliphatic rings. The van der Waals surface area contributed by atoms with E-state index in [9.17, 15) is 9.59 Å². The van der Waals surface area contributed by atoms with Crippen LogP contribution in [0, 0.1) is 0 Å². The molecule has 4 nitrogen and oxygen atoms in total. The van der Waals surface area contributed by atoms with E-state index in [0.717, 1.165) is 5.56 Å². The van der Waals surface area contributed by atoms with Gasteiger partial charge in [0.25, 0.3) is 5.91 Å². The smallest absolute Gasteiger partial charge is 0.417 e. The summed E-state index contributed by atoms with van der Waals surface area (Å²) in [6.07, 6.45) is 3.19. The zero-order valence-corrected chi connectivity index (χ0v) is 13.5. The van der Waals surface area contributed by atoms with E-state index in [0.29, 0.717) is 12.0 Å². The molecule has 0 bridgehead atoms. The molecule has 24 heavy (non-hydrogen) atoms. The monoisotopic (exact) mass is 321 g/mol. The first kappa shape index (κ1) is 16.0. The summed E-state index contributed by atoms with van der Waals surface area (Å²) < 4.78 is 5.42. The second kappa shape index (κ2) is 7.13. The summed E-state index contributed by atoms with van der Waals surface area (Å²) in [6.45, 7) is 1.87. The zero-order chi connectivity index (χ0) is 16.9. The Bertz CT molecular complexity index is 740. The van der Waals surface area contributed by atoms with Gasteiger partial charge in [-0.05, 0) is 37.1 Å². The topological polar surface area (TPSA) is 46.6 Å². The molecule has 2 amide bonds. The largest absolute Gasteiger partial charge is 0.439 e. The van der Waals surface area contributed by atoms with Crippen LogP contribution < -0.4 is 0 Å². The third-order valence-electron chi connectivity index (χ3n) is 4.05. The fourth-order valence-electron chi connectivity index (χ4n) is 2.91. The Morgan fingerprint density at radius 1 is 1.08 bits per heavy atom. The van der Waals surface area contributed by atoms with Gasteiger partial charge in [-0.25, -0.2) is 9.69 Å². The van der Waals surface area contributed by atoms with Crippen LogP contribution in [0.25, 0.3) is 0 Å². The van der Waals surface area contributed by atoms with E-state index in [4.69, 9.17) is 4.74 Å². The highest BCUT2D eigenvalue weighted by atomic mass is 16.6. The Kier molecular flexibility index (Phi) is 4.75. The van der Waals surface area contributed by atoms with E-state index in [1.54, 1.807) is 24.3 Å². The van der Waals surface area contributed by atoms with Gasteiger partial charge in [-0.15, -0.1) is 0 Å². The zero-order valence-electron chi connectivity index (χ0n) is 13.5. The van der Waals surface area contributed by atoms with Crippen LogP contribution in [-0.2, 0) is 11.2 Å². The molecule has 3 rings (SSSR count). The number of rotatable bonds is 4. The Morgan fingerprint density at radius 2 is 1.71 bits per heavy atom. The molecule has 2 aromatic rings. The van der Waals surface area contributed by atoms with Crippen LogP contribution in [-0.4, -0.2) is 29.0 Å². The van der Waals surface area contributed by atoms with E-state index in [-0.39, 0.29) is 11.9 Å². The van der Waals surface area contributed by atoms with Crippen molar-refractivity contribution in [1.82, 2.24) is 4.90 Å². The molecule has 2 atom stereocenters. The molecule has 0 N–H and O–H groups in total. The number of cyclic esters (lactones) is 1. The summed E-state index contributed by atoms with van der Waals surface area (Å²) in [7, 11) is 0. The number of hydrogen-bond acceptors (Lipinski definition) is 3. The van der Waals surface area contributed by atoms with Crippen molar-refractivity contribution in [3.05, 3.63) is 83.9 Å². The Morgan fingerprint density at radius 3 is 2.33 bits per heavy atom. The lowest BCUT2D eigenvalue weighted by molar-refractivity contribution is 0.0774. The molecule has 0 spiro atoms. The van der Waals surface area contributed by atoms with Crippen molar-refractivity contribution < 1.29 is 14.3 Å². The van der Waals surface area contributed by atoms with Gasteiger partial charge < -0.3 is 4.74 Å². The molecular formula is C20H19NO3. The van der Waals surface area contributed by atoms with Crippen molar-refractivity contribution >= 4 is 12.0 Å². The maximum atomic E-state index is 12.8. The second-order valence-corrected chi connectivity index (χ2v) is 5.67. The minimum atomic E-state index is -0.590. The summed E-state index contributed by atoms with van der Waals surface area (Å²) in [5, 5.41) is 0. The molecule has 1 aliphatic heterocycles. The molecule has 122 valence electrons. The lowest BCUT2D eigenvalue weighted by Gasteiger charge is -2.22. The molecular weight excluding hydrogens is 302 g/mol. The Balaban J connectivity index is 1.92. The maximum absolute atomic E-state index is 12.8. The number of amides is 2. The maximum Gasteiger partial charge on any atom is 0.417 e. The van der Waals surface area contributed by atoms with Gasteiger partial charge >= 0.3 is 6.09 Å². The average molecular weight is 321 g/mol. The number of carbonyl (C=O) groups excluding carboxylic acids is 2. The van der Waals surface area contributed by atoms with E-state index in [1.165, 1.54) is 4.90 Å². The van der Waals surface area contributed by atoms with E-state index in [2.05, 4.69) is 0 Å². The van der Waals surface area contributed by atoms with Crippen LogP contribution in [0.3, 0.4) is 0 Å². The molecule has 0 aliphatic carbocycles. The fraction of sp³-hybridized carbons (Fsp3) is 0.200. The van der Waals surface area contributed by atoms with Gasteiger partial charge in [-0.2, -0.15) is 0 Å². The summed E-state index contributed by atoms with van der Waals surface area (Å²) >= 11 is 0. The summed E-state index contributed by atoms with van der Waals surface area (Å²) in [4.78, 5) is 26.4.